The number of hydrogen-bond acceptors (Lipinski definition) is 2. The molecule has 0 atom stereocenters. The second-order valence-corrected chi connectivity index (χ2v) is 6.18. The van der Waals surface area contributed by atoms with Crippen molar-refractivity contribution in [2.75, 3.05) is 12.4 Å². The summed E-state index contributed by atoms with van der Waals surface area (Å²) in [5.41, 5.74) is 6.15. The van der Waals surface area contributed by atoms with Crippen LogP contribution in [0.5, 0.6) is 5.75 Å². The summed E-state index contributed by atoms with van der Waals surface area (Å²) in [6.45, 7) is 6.04. The van der Waals surface area contributed by atoms with Gasteiger partial charge in [0.05, 0.1) is 13.5 Å². The molecule has 0 saturated carbocycles. The standard InChI is InChI=1S/C20H22N2O2/c1-12-5-7-18(13(2)9-12)22-20(23)11-16-14(3)21-19-8-6-15(24-4)10-17(16)19/h5-10,21H,11H2,1-4H3,(H,22,23). The second kappa shape index (κ2) is 6.40. The number of ether oxygens (including phenoxy) is 1. The van der Waals surface area contributed by atoms with Crippen molar-refractivity contribution in [3.05, 3.63) is 58.8 Å². The lowest BCUT2D eigenvalue weighted by molar-refractivity contribution is -0.115. The van der Waals surface area contributed by atoms with E-state index in [1.165, 1.54) is 5.56 Å². The van der Waals surface area contributed by atoms with Crippen molar-refractivity contribution in [2.24, 2.45) is 0 Å². The molecule has 0 fully saturated rings. The molecule has 24 heavy (non-hydrogen) atoms. The first-order valence-electron chi connectivity index (χ1n) is 8.00. The molecule has 0 aliphatic carbocycles. The minimum Gasteiger partial charge on any atom is -0.497 e. The molecule has 0 aliphatic heterocycles. The second-order valence-electron chi connectivity index (χ2n) is 6.18. The topological polar surface area (TPSA) is 54.1 Å². The van der Waals surface area contributed by atoms with Gasteiger partial charge in [0.15, 0.2) is 0 Å². The molecule has 4 heteroatoms. The summed E-state index contributed by atoms with van der Waals surface area (Å²) in [5.74, 6) is 0.770. The minimum absolute atomic E-state index is 0.0197. The first kappa shape index (κ1) is 16.1. The molecule has 0 aliphatic rings. The van der Waals surface area contributed by atoms with E-state index in [2.05, 4.69) is 16.4 Å². The number of amides is 1. The van der Waals surface area contributed by atoms with Crippen LogP contribution in [0.15, 0.2) is 36.4 Å². The Labute approximate surface area is 141 Å². The maximum Gasteiger partial charge on any atom is 0.228 e. The van der Waals surface area contributed by atoms with Crippen molar-refractivity contribution in [1.82, 2.24) is 4.98 Å². The Kier molecular flexibility index (Phi) is 4.30. The first-order valence-corrected chi connectivity index (χ1v) is 8.00. The van der Waals surface area contributed by atoms with Crippen LogP contribution in [0, 0.1) is 20.8 Å². The van der Waals surface area contributed by atoms with E-state index in [0.717, 1.165) is 39.2 Å². The molecule has 3 aromatic rings. The number of carbonyl (C=O) groups excluding carboxylic acids is 1. The van der Waals surface area contributed by atoms with Crippen molar-refractivity contribution in [1.29, 1.82) is 0 Å². The number of benzene rings is 2. The van der Waals surface area contributed by atoms with Crippen LogP contribution in [-0.4, -0.2) is 18.0 Å². The number of methoxy groups -OCH3 is 1. The number of hydrogen-bond donors (Lipinski definition) is 2. The van der Waals surface area contributed by atoms with E-state index in [1.54, 1.807) is 7.11 Å². The number of anilines is 1. The van der Waals surface area contributed by atoms with Gasteiger partial charge in [0.1, 0.15) is 5.75 Å². The number of fused-ring (bicyclic) bond motifs is 1. The van der Waals surface area contributed by atoms with E-state index in [1.807, 2.05) is 51.1 Å². The molecule has 0 saturated heterocycles. The predicted molar refractivity (Wildman–Crippen MR) is 97.8 cm³/mol. The maximum absolute atomic E-state index is 12.5. The third-order valence-electron chi connectivity index (χ3n) is 4.32. The Morgan fingerprint density at radius 3 is 2.62 bits per heavy atom. The Bertz CT molecular complexity index is 909. The third kappa shape index (κ3) is 3.13. The average molecular weight is 322 g/mol. The van der Waals surface area contributed by atoms with E-state index >= 15 is 0 Å². The molecule has 0 spiro atoms. The molecular formula is C20H22N2O2. The van der Waals surface area contributed by atoms with Crippen LogP contribution in [0.2, 0.25) is 0 Å². The van der Waals surface area contributed by atoms with Crippen LogP contribution in [0.25, 0.3) is 10.9 Å². The molecule has 1 amide bonds. The van der Waals surface area contributed by atoms with Gasteiger partial charge in [-0.25, -0.2) is 0 Å². The highest BCUT2D eigenvalue weighted by Gasteiger charge is 2.14. The molecule has 3 rings (SSSR count). The maximum atomic E-state index is 12.5. The highest BCUT2D eigenvalue weighted by atomic mass is 16.5. The van der Waals surface area contributed by atoms with Crippen molar-refractivity contribution in [3.8, 4) is 5.75 Å². The predicted octanol–water partition coefficient (Wildman–Crippen LogP) is 4.28. The lowest BCUT2D eigenvalue weighted by Crippen LogP contribution is -2.15. The highest BCUT2D eigenvalue weighted by Crippen LogP contribution is 2.27. The van der Waals surface area contributed by atoms with E-state index in [4.69, 9.17) is 4.74 Å². The van der Waals surface area contributed by atoms with Gasteiger partial charge in [0.2, 0.25) is 5.91 Å². The lowest BCUT2D eigenvalue weighted by atomic mass is 10.1. The zero-order valence-corrected chi connectivity index (χ0v) is 14.5. The van der Waals surface area contributed by atoms with Crippen LogP contribution < -0.4 is 10.1 Å². The van der Waals surface area contributed by atoms with Gasteiger partial charge in [-0.3, -0.25) is 4.79 Å². The van der Waals surface area contributed by atoms with Gasteiger partial charge in [-0.1, -0.05) is 17.7 Å². The number of nitrogens with one attached hydrogen (secondary N) is 2. The summed E-state index contributed by atoms with van der Waals surface area (Å²) < 4.78 is 5.30. The number of aromatic amines is 1. The zero-order chi connectivity index (χ0) is 17.3. The summed E-state index contributed by atoms with van der Waals surface area (Å²) in [6, 6.07) is 11.9. The summed E-state index contributed by atoms with van der Waals surface area (Å²) in [7, 11) is 1.65. The molecule has 1 heterocycles. The van der Waals surface area contributed by atoms with E-state index < -0.39 is 0 Å². The van der Waals surface area contributed by atoms with Crippen molar-refractivity contribution in [2.45, 2.75) is 27.2 Å². The van der Waals surface area contributed by atoms with Gasteiger partial charge in [-0.05, 0) is 56.2 Å². The van der Waals surface area contributed by atoms with Gasteiger partial charge in [-0.15, -0.1) is 0 Å². The Hall–Kier alpha value is -2.75. The molecule has 0 unspecified atom stereocenters. The molecule has 0 bridgehead atoms. The average Bonchev–Trinajstić information content (AvgIpc) is 2.85. The summed E-state index contributed by atoms with van der Waals surface area (Å²) >= 11 is 0. The number of rotatable bonds is 4. The Balaban J connectivity index is 1.86. The molecule has 2 N–H and O–H groups in total. The molecule has 2 aromatic carbocycles. The zero-order valence-electron chi connectivity index (χ0n) is 14.5. The summed E-state index contributed by atoms with van der Waals surface area (Å²) in [6.07, 6.45) is 0.326. The van der Waals surface area contributed by atoms with Crippen molar-refractivity contribution >= 4 is 22.5 Å². The number of aromatic nitrogens is 1. The van der Waals surface area contributed by atoms with Gasteiger partial charge >= 0.3 is 0 Å². The normalized spacial score (nSPS) is 10.8. The van der Waals surface area contributed by atoms with Gasteiger partial charge in [0.25, 0.3) is 0 Å². The van der Waals surface area contributed by atoms with Gasteiger partial charge in [0, 0.05) is 22.3 Å². The Morgan fingerprint density at radius 1 is 1.12 bits per heavy atom. The van der Waals surface area contributed by atoms with E-state index in [0.29, 0.717) is 6.42 Å². The van der Waals surface area contributed by atoms with Crippen LogP contribution >= 0.6 is 0 Å². The molecule has 4 nitrogen and oxygen atoms in total. The fraction of sp³-hybridized carbons (Fsp3) is 0.250. The molecule has 1 aromatic heterocycles. The number of aryl methyl sites for hydroxylation is 3. The third-order valence-corrected chi connectivity index (χ3v) is 4.32. The van der Waals surface area contributed by atoms with Crippen molar-refractivity contribution < 1.29 is 9.53 Å². The molecule has 0 radical (unpaired) electrons. The fourth-order valence-electron chi connectivity index (χ4n) is 3.03. The summed E-state index contributed by atoms with van der Waals surface area (Å²) in [4.78, 5) is 15.8. The van der Waals surface area contributed by atoms with Gasteiger partial charge < -0.3 is 15.0 Å². The van der Waals surface area contributed by atoms with Crippen LogP contribution in [0.1, 0.15) is 22.4 Å². The number of H-pyrrole nitrogens is 1. The molecule has 124 valence electrons. The monoisotopic (exact) mass is 322 g/mol. The van der Waals surface area contributed by atoms with Crippen molar-refractivity contribution in [3.63, 3.8) is 0 Å². The molecular weight excluding hydrogens is 300 g/mol. The fourth-order valence-corrected chi connectivity index (χ4v) is 3.03. The smallest absolute Gasteiger partial charge is 0.228 e. The first-order chi connectivity index (χ1) is 11.5. The highest BCUT2D eigenvalue weighted by molar-refractivity contribution is 5.97. The van der Waals surface area contributed by atoms with E-state index in [9.17, 15) is 4.79 Å². The number of carbonyl (C=O) groups is 1. The SMILES string of the molecule is COc1ccc2[nH]c(C)c(CC(=O)Nc3ccc(C)cc3C)c2c1. The summed E-state index contributed by atoms with van der Waals surface area (Å²) in [5, 5.41) is 4.04. The Morgan fingerprint density at radius 2 is 1.92 bits per heavy atom. The van der Waals surface area contributed by atoms with Crippen LogP contribution in [0.4, 0.5) is 5.69 Å². The minimum atomic E-state index is -0.0197. The quantitative estimate of drug-likeness (QED) is 0.753. The van der Waals surface area contributed by atoms with Crippen LogP contribution in [0.3, 0.4) is 0 Å². The van der Waals surface area contributed by atoms with E-state index in [-0.39, 0.29) is 5.91 Å². The van der Waals surface area contributed by atoms with Gasteiger partial charge in [-0.2, -0.15) is 0 Å². The largest absolute Gasteiger partial charge is 0.497 e. The lowest BCUT2D eigenvalue weighted by Gasteiger charge is -2.09. The van der Waals surface area contributed by atoms with Crippen LogP contribution in [-0.2, 0) is 11.2 Å².